The third-order valence-electron chi connectivity index (χ3n) is 2.97. The number of hydrogen-bond acceptors (Lipinski definition) is 4. The lowest BCUT2D eigenvalue weighted by molar-refractivity contribution is -0.384. The van der Waals surface area contributed by atoms with E-state index in [9.17, 15) is 14.9 Å². The van der Waals surface area contributed by atoms with Gasteiger partial charge in [-0.15, -0.1) is 0 Å². The molecule has 2 rings (SSSR count). The molecule has 0 atom stereocenters. The molecule has 0 aliphatic carbocycles. The van der Waals surface area contributed by atoms with Crippen LogP contribution in [-0.4, -0.2) is 11.0 Å². The van der Waals surface area contributed by atoms with E-state index in [1.807, 2.05) is 32.0 Å². The lowest BCUT2D eigenvalue weighted by atomic mass is 10.1. The van der Waals surface area contributed by atoms with Gasteiger partial charge in [0.25, 0.3) is 5.69 Å². The van der Waals surface area contributed by atoms with Gasteiger partial charge in [-0.25, -0.2) is 4.79 Å². The van der Waals surface area contributed by atoms with Crippen LogP contribution in [0.3, 0.4) is 0 Å². The number of non-ortho nitro benzene ring substituents is 1. The predicted molar refractivity (Wildman–Crippen MR) is 78.7 cm³/mol. The molecule has 21 heavy (non-hydrogen) atoms. The Balaban J connectivity index is 2.06. The molecule has 0 fully saturated rings. The second-order valence-corrected chi connectivity index (χ2v) is 4.53. The number of aryl methyl sites for hydroxylation is 2. The first-order valence-electron chi connectivity index (χ1n) is 6.27. The van der Waals surface area contributed by atoms with Gasteiger partial charge in [0.05, 0.1) is 4.92 Å². The third-order valence-corrected chi connectivity index (χ3v) is 2.97. The van der Waals surface area contributed by atoms with E-state index in [0.717, 1.165) is 11.1 Å². The maximum Gasteiger partial charge on any atom is 0.417 e. The fourth-order valence-electron chi connectivity index (χ4n) is 1.88. The smallest absolute Gasteiger partial charge is 0.410 e. The molecule has 1 amide bonds. The number of ether oxygens (including phenoxy) is 1. The number of nitro groups is 1. The second-order valence-electron chi connectivity index (χ2n) is 4.53. The molecule has 0 unspecified atom stereocenters. The van der Waals surface area contributed by atoms with E-state index in [1.54, 1.807) is 0 Å². The van der Waals surface area contributed by atoms with Crippen molar-refractivity contribution >= 4 is 17.5 Å². The minimum Gasteiger partial charge on any atom is -0.410 e. The summed E-state index contributed by atoms with van der Waals surface area (Å²) in [4.78, 5) is 21.9. The molecule has 0 aliphatic heterocycles. The van der Waals surface area contributed by atoms with E-state index in [2.05, 4.69) is 5.32 Å². The Kier molecular flexibility index (Phi) is 4.18. The molecule has 0 heterocycles. The van der Waals surface area contributed by atoms with Gasteiger partial charge in [-0.05, 0) is 37.1 Å². The molecule has 6 heteroatoms. The van der Waals surface area contributed by atoms with E-state index in [4.69, 9.17) is 4.74 Å². The maximum absolute atomic E-state index is 11.8. The van der Waals surface area contributed by atoms with Crippen LogP contribution in [0.5, 0.6) is 5.75 Å². The van der Waals surface area contributed by atoms with Crippen molar-refractivity contribution in [2.75, 3.05) is 5.32 Å². The molecule has 0 bridgehead atoms. The van der Waals surface area contributed by atoms with Crippen LogP contribution in [0, 0.1) is 24.0 Å². The van der Waals surface area contributed by atoms with Crippen molar-refractivity contribution in [3.63, 3.8) is 0 Å². The lowest BCUT2D eigenvalue weighted by Crippen LogP contribution is -2.18. The highest BCUT2D eigenvalue weighted by Crippen LogP contribution is 2.21. The average Bonchev–Trinajstić information content (AvgIpc) is 2.43. The number of benzene rings is 2. The van der Waals surface area contributed by atoms with E-state index in [1.165, 1.54) is 24.3 Å². The first-order chi connectivity index (χ1) is 9.97. The van der Waals surface area contributed by atoms with Crippen molar-refractivity contribution in [3.05, 3.63) is 63.7 Å². The van der Waals surface area contributed by atoms with Gasteiger partial charge in [-0.1, -0.05) is 18.2 Å². The zero-order valence-corrected chi connectivity index (χ0v) is 11.6. The van der Waals surface area contributed by atoms with Crippen LogP contribution in [0.2, 0.25) is 0 Å². The highest BCUT2D eigenvalue weighted by Gasteiger charge is 2.10. The number of para-hydroxylation sites is 1. The predicted octanol–water partition coefficient (Wildman–Crippen LogP) is 3.82. The van der Waals surface area contributed by atoms with Gasteiger partial charge in [0.15, 0.2) is 0 Å². The van der Waals surface area contributed by atoms with Crippen molar-refractivity contribution in [1.82, 2.24) is 0 Å². The van der Waals surface area contributed by atoms with Gasteiger partial charge in [0.2, 0.25) is 0 Å². The average molecular weight is 286 g/mol. The quantitative estimate of drug-likeness (QED) is 0.686. The molecule has 108 valence electrons. The first-order valence-corrected chi connectivity index (χ1v) is 6.27. The summed E-state index contributed by atoms with van der Waals surface area (Å²) in [5.41, 5.74) is 2.49. The molecule has 6 nitrogen and oxygen atoms in total. The number of carbonyl (C=O) groups is 1. The van der Waals surface area contributed by atoms with E-state index in [-0.39, 0.29) is 11.4 Å². The number of carbonyl (C=O) groups excluding carboxylic acids is 1. The molecular weight excluding hydrogens is 272 g/mol. The Morgan fingerprint density at radius 1 is 1.10 bits per heavy atom. The highest BCUT2D eigenvalue weighted by molar-refractivity contribution is 5.88. The summed E-state index contributed by atoms with van der Waals surface area (Å²) in [5, 5.41) is 13.2. The van der Waals surface area contributed by atoms with Gasteiger partial charge in [0, 0.05) is 17.8 Å². The van der Waals surface area contributed by atoms with Gasteiger partial charge in [0.1, 0.15) is 5.75 Å². The minimum atomic E-state index is -0.638. The number of nitrogens with one attached hydrogen (secondary N) is 1. The molecule has 0 saturated heterocycles. The van der Waals surface area contributed by atoms with Gasteiger partial charge < -0.3 is 4.74 Å². The van der Waals surface area contributed by atoms with E-state index >= 15 is 0 Å². The Morgan fingerprint density at radius 3 is 2.19 bits per heavy atom. The SMILES string of the molecule is Cc1cccc(C)c1NC(=O)Oc1ccc([N+](=O)[O-])cc1. The van der Waals surface area contributed by atoms with Gasteiger partial charge in [-0.2, -0.15) is 0 Å². The van der Waals surface area contributed by atoms with Crippen molar-refractivity contribution < 1.29 is 14.5 Å². The molecule has 1 N–H and O–H groups in total. The molecule has 0 aromatic heterocycles. The van der Waals surface area contributed by atoms with Crippen LogP contribution in [0.15, 0.2) is 42.5 Å². The molecule has 0 saturated carbocycles. The Hall–Kier alpha value is -2.89. The first kappa shape index (κ1) is 14.5. The van der Waals surface area contributed by atoms with Crippen molar-refractivity contribution in [2.45, 2.75) is 13.8 Å². The topological polar surface area (TPSA) is 81.5 Å². The summed E-state index contributed by atoms with van der Waals surface area (Å²) in [7, 11) is 0. The van der Waals surface area contributed by atoms with Crippen LogP contribution in [-0.2, 0) is 0 Å². The standard InChI is InChI=1S/C15H14N2O4/c1-10-4-3-5-11(2)14(10)16-15(18)21-13-8-6-12(7-9-13)17(19)20/h3-9H,1-2H3,(H,16,18). The van der Waals surface area contributed by atoms with E-state index < -0.39 is 11.0 Å². The Labute approximate surface area is 121 Å². The molecule has 2 aromatic rings. The highest BCUT2D eigenvalue weighted by atomic mass is 16.6. The monoisotopic (exact) mass is 286 g/mol. The number of rotatable bonds is 3. The van der Waals surface area contributed by atoms with Crippen molar-refractivity contribution in [2.24, 2.45) is 0 Å². The Morgan fingerprint density at radius 2 is 1.67 bits per heavy atom. The van der Waals surface area contributed by atoms with Gasteiger partial charge >= 0.3 is 6.09 Å². The lowest BCUT2D eigenvalue weighted by Gasteiger charge is -2.11. The number of nitro benzene ring substituents is 1. The largest absolute Gasteiger partial charge is 0.417 e. The maximum atomic E-state index is 11.8. The van der Waals surface area contributed by atoms with E-state index in [0.29, 0.717) is 5.69 Å². The Bertz CT molecular complexity index is 660. The molecule has 2 aromatic carbocycles. The summed E-state index contributed by atoms with van der Waals surface area (Å²) < 4.78 is 5.09. The fraction of sp³-hybridized carbons (Fsp3) is 0.133. The normalized spacial score (nSPS) is 10.0. The zero-order chi connectivity index (χ0) is 15.4. The number of hydrogen-bond donors (Lipinski definition) is 1. The van der Waals surface area contributed by atoms with Gasteiger partial charge in [-0.3, -0.25) is 15.4 Å². The van der Waals surface area contributed by atoms with Crippen LogP contribution >= 0.6 is 0 Å². The summed E-state index contributed by atoms with van der Waals surface area (Å²) in [6.07, 6.45) is -0.638. The molecule has 0 aliphatic rings. The molecule has 0 spiro atoms. The number of nitrogens with zero attached hydrogens (tertiary/aromatic N) is 1. The van der Waals surface area contributed by atoms with Crippen molar-refractivity contribution in [3.8, 4) is 5.75 Å². The second kappa shape index (κ2) is 6.04. The summed E-state index contributed by atoms with van der Waals surface area (Å²) in [5.74, 6) is 0.240. The van der Waals surface area contributed by atoms with Crippen LogP contribution in [0.4, 0.5) is 16.2 Å². The number of amides is 1. The summed E-state index contributed by atoms with van der Waals surface area (Å²) in [6.45, 7) is 3.77. The van der Waals surface area contributed by atoms with Crippen LogP contribution in [0.1, 0.15) is 11.1 Å². The fourth-order valence-corrected chi connectivity index (χ4v) is 1.88. The van der Waals surface area contributed by atoms with Crippen LogP contribution < -0.4 is 10.1 Å². The minimum absolute atomic E-state index is 0.0579. The zero-order valence-electron chi connectivity index (χ0n) is 11.6. The molecule has 0 radical (unpaired) electrons. The molecular formula is C15H14N2O4. The van der Waals surface area contributed by atoms with Crippen molar-refractivity contribution in [1.29, 1.82) is 0 Å². The number of anilines is 1. The third kappa shape index (κ3) is 3.56. The summed E-state index contributed by atoms with van der Waals surface area (Å²) in [6, 6.07) is 11.0. The summed E-state index contributed by atoms with van der Waals surface area (Å²) >= 11 is 0. The van der Waals surface area contributed by atoms with Crippen LogP contribution in [0.25, 0.3) is 0 Å².